The number of hydrogen-bond donors (Lipinski definition) is 1. The Bertz CT molecular complexity index is 203. The van der Waals surface area contributed by atoms with Crippen LogP contribution in [0.15, 0.2) is 0 Å². The van der Waals surface area contributed by atoms with E-state index in [0.717, 1.165) is 32.6 Å². The Labute approximate surface area is 77.5 Å². The quantitative estimate of drug-likeness (QED) is 0.688. The summed E-state index contributed by atoms with van der Waals surface area (Å²) in [5, 5.41) is 8.71. The van der Waals surface area contributed by atoms with Crippen LogP contribution in [0.25, 0.3) is 0 Å². The molecule has 0 radical (unpaired) electrons. The molecule has 2 heterocycles. The summed E-state index contributed by atoms with van der Waals surface area (Å²) >= 11 is 0. The Morgan fingerprint density at radius 3 is 2.85 bits per heavy atom. The van der Waals surface area contributed by atoms with Crippen molar-refractivity contribution in [1.29, 1.82) is 0 Å². The minimum absolute atomic E-state index is 0.256. The maximum absolute atomic E-state index is 10.6. The van der Waals surface area contributed by atoms with Crippen LogP contribution in [0.2, 0.25) is 0 Å². The van der Waals surface area contributed by atoms with Crippen molar-refractivity contribution in [2.24, 2.45) is 0 Å². The van der Waals surface area contributed by atoms with Crippen LogP contribution in [0, 0.1) is 0 Å². The van der Waals surface area contributed by atoms with E-state index in [2.05, 4.69) is 4.90 Å². The van der Waals surface area contributed by atoms with Crippen molar-refractivity contribution < 1.29 is 14.6 Å². The maximum Gasteiger partial charge on any atom is 0.304 e. The molecular weight excluding hydrogens is 170 g/mol. The average molecular weight is 185 g/mol. The van der Waals surface area contributed by atoms with E-state index in [4.69, 9.17) is 9.84 Å². The number of nitrogens with zero attached hydrogens (tertiary/aromatic N) is 1. The summed E-state index contributed by atoms with van der Waals surface area (Å²) in [5.41, 5.74) is 0. The molecule has 1 atom stereocenters. The molecule has 4 heteroatoms. The molecule has 74 valence electrons. The van der Waals surface area contributed by atoms with E-state index in [1.165, 1.54) is 0 Å². The van der Waals surface area contributed by atoms with Crippen LogP contribution in [-0.4, -0.2) is 47.8 Å². The third-order valence-corrected chi connectivity index (χ3v) is 2.92. The first-order chi connectivity index (χ1) is 6.27. The Kier molecular flexibility index (Phi) is 2.51. The number of carboxylic acid groups (broad SMARTS) is 1. The van der Waals surface area contributed by atoms with Gasteiger partial charge in [0.1, 0.15) is 0 Å². The van der Waals surface area contributed by atoms with Crippen molar-refractivity contribution in [3.8, 4) is 0 Å². The molecule has 1 unspecified atom stereocenters. The van der Waals surface area contributed by atoms with Crippen molar-refractivity contribution in [3.05, 3.63) is 0 Å². The van der Waals surface area contributed by atoms with Gasteiger partial charge in [-0.2, -0.15) is 0 Å². The van der Waals surface area contributed by atoms with Gasteiger partial charge in [-0.25, -0.2) is 0 Å². The zero-order valence-corrected chi connectivity index (χ0v) is 7.61. The molecule has 2 saturated heterocycles. The van der Waals surface area contributed by atoms with Gasteiger partial charge in [0.25, 0.3) is 0 Å². The summed E-state index contributed by atoms with van der Waals surface area (Å²) in [6.07, 6.45) is 2.45. The molecule has 0 spiro atoms. The van der Waals surface area contributed by atoms with Gasteiger partial charge in [0.05, 0.1) is 25.7 Å². The molecule has 2 aliphatic rings. The van der Waals surface area contributed by atoms with Crippen LogP contribution in [0.5, 0.6) is 0 Å². The molecule has 0 amide bonds. The fourth-order valence-corrected chi connectivity index (χ4v) is 2.17. The van der Waals surface area contributed by atoms with Crippen LogP contribution in [0.3, 0.4) is 0 Å². The van der Waals surface area contributed by atoms with E-state index in [9.17, 15) is 4.79 Å². The van der Waals surface area contributed by atoms with Crippen LogP contribution in [0.4, 0.5) is 0 Å². The van der Waals surface area contributed by atoms with Crippen molar-refractivity contribution in [3.63, 3.8) is 0 Å². The number of carbonyl (C=O) groups is 1. The predicted molar refractivity (Wildman–Crippen MR) is 46.6 cm³/mol. The summed E-state index contributed by atoms with van der Waals surface area (Å²) in [5.74, 6) is -0.683. The molecule has 1 N–H and O–H groups in total. The molecule has 0 saturated carbocycles. The molecule has 0 aromatic heterocycles. The van der Waals surface area contributed by atoms with E-state index in [1.807, 2.05) is 0 Å². The lowest BCUT2D eigenvalue weighted by molar-refractivity contribution is -0.139. The van der Waals surface area contributed by atoms with Crippen LogP contribution in [0.1, 0.15) is 19.3 Å². The number of likely N-dealkylation sites (tertiary alicyclic amines) is 1. The first-order valence-electron chi connectivity index (χ1n) is 4.82. The van der Waals surface area contributed by atoms with Gasteiger partial charge < -0.3 is 9.84 Å². The Morgan fingerprint density at radius 1 is 1.54 bits per heavy atom. The van der Waals surface area contributed by atoms with Crippen molar-refractivity contribution in [2.45, 2.75) is 31.3 Å². The average Bonchev–Trinajstić information content (AvgIpc) is 2.32. The highest BCUT2D eigenvalue weighted by atomic mass is 16.5. The van der Waals surface area contributed by atoms with E-state index in [1.54, 1.807) is 0 Å². The van der Waals surface area contributed by atoms with Crippen molar-refractivity contribution >= 4 is 5.97 Å². The largest absolute Gasteiger partial charge is 0.481 e. The lowest BCUT2D eigenvalue weighted by atomic mass is 10.1. The Morgan fingerprint density at radius 2 is 2.31 bits per heavy atom. The second-order valence-corrected chi connectivity index (χ2v) is 3.82. The van der Waals surface area contributed by atoms with Crippen LogP contribution >= 0.6 is 0 Å². The predicted octanol–water partition coefficient (Wildman–Crippen LogP) is 0.324. The lowest BCUT2D eigenvalue weighted by Gasteiger charge is -2.37. The molecule has 2 rings (SSSR count). The molecular formula is C9H15NO3. The topological polar surface area (TPSA) is 49.8 Å². The zero-order valence-electron chi connectivity index (χ0n) is 7.61. The summed E-state index contributed by atoms with van der Waals surface area (Å²) in [7, 11) is 0. The maximum atomic E-state index is 10.6. The number of carboxylic acids is 1. The second kappa shape index (κ2) is 3.64. The zero-order chi connectivity index (χ0) is 9.26. The molecule has 2 fully saturated rings. The van der Waals surface area contributed by atoms with Crippen molar-refractivity contribution in [1.82, 2.24) is 4.90 Å². The fraction of sp³-hybridized carbons (Fsp3) is 0.889. The molecule has 0 bridgehead atoms. The summed E-state index contributed by atoms with van der Waals surface area (Å²) in [6.45, 7) is 2.62. The van der Waals surface area contributed by atoms with Gasteiger partial charge in [-0.1, -0.05) is 0 Å². The standard InChI is InChI=1S/C9H15NO3/c11-9(12)4-7-2-1-3-10(7)8-5-13-6-8/h7-8H,1-6H2,(H,11,12). The van der Waals surface area contributed by atoms with E-state index in [0.29, 0.717) is 6.04 Å². The molecule has 0 aromatic carbocycles. The van der Waals surface area contributed by atoms with Gasteiger partial charge in [-0.3, -0.25) is 9.69 Å². The Hall–Kier alpha value is -0.610. The van der Waals surface area contributed by atoms with Crippen LogP contribution < -0.4 is 0 Å². The number of ether oxygens (including phenoxy) is 1. The SMILES string of the molecule is O=C(O)CC1CCCN1C1COC1. The van der Waals surface area contributed by atoms with Crippen LogP contribution in [-0.2, 0) is 9.53 Å². The van der Waals surface area contributed by atoms with E-state index < -0.39 is 5.97 Å². The van der Waals surface area contributed by atoms with Gasteiger partial charge >= 0.3 is 5.97 Å². The van der Waals surface area contributed by atoms with Gasteiger partial charge in [-0.05, 0) is 19.4 Å². The third-order valence-electron chi connectivity index (χ3n) is 2.92. The summed E-state index contributed by atoms with van der Waals surface area (Å²) in [6, 6.07) is 0.748. The minimum atomic E-state index is -0.683. The van der Waals surface area contributed by atoms with Gasteiger partial charge in [-0.15, -0.1) is 0 Å². The number of aliphatic carboxylic acids is 1. The molecule has 2 aliphatic heterocycles. The lowest BCUT2D eigenvalue weighted by Crippen LogP contribution is -2.51. The van der Waals surface area contributed by atoms with Gasteiger partial charge in [0.15, 0.2) is 0 Å². The fourth-order valence-electron chi connectivity index (χ4n) is 2.17. The molecule has 0 aliphatic carbocycles. The molecule has 0 aromatic rings. The second-order valence-electron chi connectivity index (χ2n) is 3.82. The molecule has 4 nitrogen and oxygen atoms in total. The van der Waals surface area contributed by atoms with E-state index >= 15 is 0 Å². The monoisotopic (exact) mass is 185 g/mol. The number of hydrogen-bond acceptors (Lipinski definition) is 3. The molecule has 13 heavy (non-hydrogen) atoms. The summed E-state index contributed by atoms with van der Waals surface area (Å²) < 4.78 is 5.11. The normalized spacial score (nSPS) is 30.3. The smallest absolute Gasteiger partial charge is 0.304 e. The minimum Gasteiger partial charge on any atom is -0.481 e. The van der Waals surface area contributed by atoms with E-state index in [-0.39, 0.29) is 12.5 Å². The van der Waals surface area contributed by atoms with Crippen molar-refractivity contribution in [2.75, 3.05) is 19.8 Å². The highest BCUT2D eigenvalue weighted by molar-refractivity contribution is 5.67. The third kappa shape index (κ3) is 1.84. The first-order valence-corrected chi connectivity index (χ1v) is 4.82. The van der Waals surface area contributed by atoms with Gasteiger partial charge in [0, 0.05) is 6.04 Å². The summed E-state index contributed by atoms with van der Waals surface area (Å²) in [4.78, 5) is 12.9. The first kappa shape index (κ1) is 8.97. The van der Waals surface area contributed by atoms with Gasteiger partial charge in [0.2, 0.25) is 0 Å². The highest BCUT2D eigenvalue weighted by Gasteiger charge is 2.35. The number of rotatable bonds is 3. The Balaban J connectivity index is 1.89. The highest BCUT2D eigenvalue weighted by Crippen LogP contribution is 2.25.